The van der Waals surface area contributed by atoms with E-state index in [1.165, 1.54) is 5.48 Å². The maximum atomic E-state index is 9.93. The zero-order valence-corrected chi connectivity index (χ0v) is 3.93. The number of rotatable bonds is 0. The highest BCUT2D eigenvalue weighted by Gasteiger charge is 1.94. The van der Waals surface area contributed by atoms with Crippen LogP contribution in [0.1, 0.15) is 0 Å². The first-order valence-electron chi connectivity index (χ1n) is 1.72. The average Bonchev–Trinajstić information content (AvgIpc) is 1.65. The highest BCUT2D eigenvalue weighted by Crippen LogP contribution is 1.54. The zero-order chi connectivity index (χ0) is 6.57. The number of urea groups is 1. The van der Waals surface area contributed by atoms with Gasteiger partial charge in [-0.1, -0.05) is 0 Å². The molecule has 0 spiro atoms. The molecule has 0 aliphatic rings. The second-order valence-electron chi connectivity index (χ2n) is 0.980. The molecule has 0 aliphatic heterocycles. The third kappa shape index (κ3) is 2.91. The molecule has 0 saturated carbocycles. The molecule has 0 aromatic heterocycles. The first kappa shape index (κ1) is 6.70. The van der Waals surface area contributed by atoms with Crippen LogP contribution in [-0.4, -0.2) is 17.2 Å². The van der Waals surface area contributed by atoms with E-state index in [2.05, 4.69) is 5.73 Å². The molecule has 0 aromatic rings. The van der Waals surface area contributed by atoms with Crippen LogP contribution in [0.5, 0.6) is 0 Å². The van der Waals surface area contributed by atoms with E-state index in [0.29, 0.717) is 0 Å². The Bertz CT molecular complexity index is 111. The van der Waals surface area contributed by atoms with E-state index in [0.717, 1.165) is 0 Å². The molecule has 2 amide bonds. The molecule has 0 saturated heterocycles. The fourth-order valence-corrected chi connectivity index (χ4v) is 0.150. The summed E-state index contributed by atoms with van der Waals surface area (Å²) in [5.41, 5.74) is 5.89. The van der Waals surface area contributed by atoms with E-state index in [1.807, 2.05) is 0 Å². The SMILES string of the molecule is N=C(N)NC(=O)NO. The normalized spacial score (nSPS) is 7.62. The number of guanidine groups is 1. The van der Waals surface area contributed by atoms with E-state index >= 15 is 0 Å². The molecule has 0 bridgehead atoms. The minimum absolute atomic E-state index is 0.517. The van der Waals surface area contributed by atoms with Crippen molar-refractivity contribution in [1.82, 2.24) is 10.8 Å². The lowest BCUT2D eigenvalue weighted by Gasteiger charge is -1.96. The van der Waals surface area contributed by atoms with Gasteiger partial charge in [0.25, 0.3) is 0 Å². The molecule has 0 heterocycles. The minimum Gasteiger partial charge on any atom is -0.370 e. The molecule has 6 nitrogen and oxygen atoms in total. The quantitative estimate of drug-likeness (QED) is 0.116. The van der Waals surface area contributed by atoms with Crippen LogP contribution in [0.2, 0.25) is 0 Å². The highest BCUT2D eigenvalue weighted by molar-refractivity contribution is 5.93. The van der Waals surface area contributed by atoms with Crippen molar-refractivity contribution < 1.29 is 10.0 Å². The van der Waals surface area contributed by atoms with Crippen LogP contribution in [-0.2, 0) is 0 Å². The Kier molecular flexibility index (Phi) is 2.35. The standard InChI is InChI=1S/C2H6N4O2/c3-1(4)5-2(7)6-8/h8H,(H5,3,4,5,6,7). The molecule has 6 heteroatoms. The van der Waals surface area contributed by atoms with Gasteiger partial charge in [0.15, 0.2) is 5.96 Å². The smallest absolute Gasteiger partial charge is 0.345 e. The molecule has 0 radical (unpaired) electrons. The van der Waals surface area contributed by atoms with Crippen molar-refractivity contribution >= 4 is 12.0 Å². The fraction of sp³-hybridized carbons (Fsp3) is 0. The average molecular weight is 118 g/mol. The highest BCUT2D eigenvalue weighted by atomic mass is 16.5. The lowest BCUT2D eigenvalue weighted by Crippen LogP contribution is -2.41. The summed E-state index contributed by atoms with van der Waals surface area (Å²) < 4.78 is 0. The molecule has 46 valence electrons. The van der Waals surface area contributed by atoms with E-state index in [-0.39, 0.29) is 0 Å². The predicted octanol–water partition coefficient (Wildman–Crippen LogP) is -1.43. The summed E-state index contributed by atoms with van der Waals surface area (Å²) in [6.07, 6.45) is 0. The van der Waals surface area contributed by atoms with Crippen molar-refractivity contribution in [2.24, 2.45) is 5.73 Å². The van der Waals surface area contributed by atoms with E-state index < -0.39 is 12.0 Å². The van der Waals surface area contributed by atoms with Gasteiger partial charge in [0.2, 0.25) is 0 Å². The first-order valence-corrected chi connectivity index (χ1v) is 1.72. The Balaban J connectivity index is 3.40. The molecule has 0 aliphatic carbocycles. The lowest BCUT2D eigenvalue weighted by molar-refractivity contribution is 0.165. The van der Waals surface area contributed by atoms with Crippen molar-refractivity contribution in [3.05, 3.63) is 0 Å². The topological polar surface area (TPSA) is 111 Å². The second kappa shape index (κ2) is 2.80. The summed E-state index contributed by atoms with van der Waals surface area (Å²) in [6.45, 7) is 0. The monoisotopic (exact) mass is 118 g/mol. The molecule has 0 unspecified atom stereocenters. The Morgan fingerprint density at radius 1 is 1.75 bits per heavy atom. The summed E-state index contributed by atoms with van der Waals surface area (Å²) >= 11 is 0. The van der Waals surface area contributed by atoms with Crippen molar-refractivity contribution in [2.75, 3.05) is 0 Å². The van der Waals surface area contributed by atoms with Crippen molar-refractivity contribution in [3.63, 3.8) is 0 Å². The van der Waals surface area contributed by atoms with Crippen molar-refractivity contribution in [2.45, 2.75) is 0 Å². The largest absolute Gasteiger partial charge is 0.370 e. The number of hydrogen-bond acceptors (Lipinski definition) is 3. The lowest BCUT2D eigenvalue weighted by atomic mass is 10.9. The van der Waals surface area contributed by atoms with E-state index in [9.17, 15) is 4.79 Å². The first-order chi connectivity index (χ1) is 3.66. The molecule has 8 heavy (non-hydrogen) atoms. The Morgan fingerprint density at radius 2 is 2.25 bits per heavy atom. The van der Waals surface area contributed by atoms with Gasteiger partial charge in [-0.15, -0.1) is 0 Å². The van der Waals surface area contributed by atoms with Crippen LogP contribution in [0, 0.1) is 5.41 Å². The molecule has 0 atom stereocenters. The van der Waals surface area contributed by atoms with Gasteiger partial charge in [0.1, 0.15) is 0 Å². The van der Waals surface area contributed by atoms with Crippen LogP contribution in [0.4, 0.5) is 4.79 Å². The van der Waals surface area contributed by atoms with Gasteiger partial charge in [-0.2, -0.15) is 0 Å². The maximum Gasteiger partial charge on any atom is 0.345 e. The number of carbonyl (C=O) groups excluding carboxylic acids is 1. The Morgan fingerprint density at radius 3 is 2.38 bits per heavy atom. The molecule has 6 N–H and O–H groups in total. The third-order valence-corrected chi connectivity index (χ3v) is 0.350. The van der Waals surface area contributed by atoms with Crippen LogP contribution in [0.25, 0.3) is 0 Å². The van der Waals surface area contributed by atoms with Crippen molar-refractivity contribution in [1.29, 1.82) is 5.41 Å². The summed E-state index contributed by atoms with van der Waals surface area (Å²) in [7, 11) is 0. The van der Waals surface area contributed by atoms with Gasteiger partial charge < -0.3 is 5.73 Å². The molecule has 0 aromatic carbocycles. The van der Waals surface area contributed by atoms with Gasteiger partial charge in [0, 0.05) is 0 Å². The summed E-state index contributed by atoms with van der Waals surface area (Å²) in [5.74, 6) is -0.517. The van der Waals surface area contributed by atoms with Gasteiger partial charge >= 0.3 is 6.03 Å². The summed E-state index contributed by atoms with van der Waals surface area (Å²) in [5, 5.41) is 15.9. The summed E-state index contributed by atoms with van der Waals surface area (Å²) in [6, 6.07) is -0.919. The molecular formula is C2H6N4O2. The number of carbonyl (C=O) groups is 1. The third-order valence-electron chi connectivity index (χ3n) is 0.350. The maximum absolute atomic E-state index is 9.93. The zero-order valence-electron chi connectivity index (χ0n) is 3.93. The Hall–Kier alpha value is -1.30. The van der Waals surface area contributed by atoms with Crippen LogP contribution < -0.4 is 16.5 Å². The van der Waals surface area contributed by atoms with E-state index in [1.54, 1.807) is 5.32 Å². The van der Waals surface area contributed by atoms with Gasteiger partial charge in [0.05, 0.1) is 0 Å². The number of hydroxylamine groups is 1. The van der Waals surface area contributed by atoms with Crippen LogP contribution in [0.15, 0.2) is 0 Å². The summed E-state index contributed by atoms with van der Waals surface area (Å²) in [4.78, 5) is 9.93. The van der Waals surface area contributed by atoms with Gasteiger partial charge in [-0.3, -0.25) is 15.9 Å². The minimum atomic E-state index is -0.919. The van der Waals surface area contributed by atoms with E-state index in [4.69, 9.17) is 10.6 Å². The van der Waals surface area contributed by atoms with Gasteiger partial charge in [-0.25, -0.2) is 10.3 Å². The molecule has 0 fully saturated rings. The number of nitrogens with two attached hydrogens (primary N) is 1. The second-order valence-corrected chi connectivity index (χ2v) is 0.980. The number of amides is 2. The number of hydrogen-bond donors (Lipinski definition) is 5. The molecule has 0 rings (SSSR count). The van der Waals surface area contributed by atoms with Crippen molar-refractivity contribution in [3.8, 4) is 0 Å². The predicted molar refractivity (Wildman–Crippen MR) is 25.4 cm³/mol. The fourth-order valence-electron chi connectivity index (χ4n) is 0.150. The van der Waals surface area contributed by atoms with Crippen LogP contribution in [0.3, 0.4) is 0 Å². The molecular weight excluding hydrogens is 112 g/mol. The number of nitrogens with one attached hydrogen (secondary N) is 3. The Labute approximate surface area is 45.1 Å². The van der Waals surface area contributed by atoms with Gasteiger partial charge in [-0.05, 0) is 0 Å². The van der Waals surface area contributed by atoms with Crippen LogP contribution >= 0.6 is 0 Å².